The summed E-state index contributed by atoms with van der Waals surface area (Å²) in [6.45, 7) is 2.31. The number of sulfone groups is 1. The van der Waals surface area contributed by atoms with Crippen LogP contribution in [0.3, 0.4) is 0 Å². The molecule has 0 aromatic heterocycles. The lowest BCUT2D eigenvalue weighted by molar-refractivity contribution is -0.121. The number of esters is 1. The van der Waals surface area contributed by atoms with E-state index in [1.807, 2.05) is 24.3 Å². The van der Waals surface area contributed by atoms with Gasteiger partial charge in [0.25, 0.3) is 5.91 Å². The van der Waals surface area contributed by atoms with Gasteiger partial charge in [0.2, 0.25) is 0 Å². The molecule has 1 aliphatic rings. The van der Waals surface area contributed by atoms with E-state index in [1.165, 1.54) is 24.3 Å². The van der Waals surface area contributed by atoms with Gasteiger partial charge in [0.05, 0.1) is 16.1 Å². The van der Waals surface area contributed by atoms with E-state index in [1.54, 1.807) is 16.7 Å². The molecule has 1 aliphatic heterocycles. The molecule has 8 heteroatoms. The van der Waals surface area contributed by atoms with Gasteiger partial charge in [-0.05, 0) is 42.8 Å². The van der Waals surface area contributed by atoms with Crippen LogP contribution >= 0.6 is 11.8 Å². The Bertz CT molecular complexity index is 986. The van der Waals surface area contributed by atoms with Gasteiger partial charge in [-0.2, -0.15) is 0 Å². The number of hydrogen-bond acceptors (Lipinski definition) is 6. The third-order valence-electron chi connectivity index (χ3n) is 4.39. The van der Waals surface area contributed by atoms with Crippen molar-refractivity contribution < 1.29 is 22.7 Å². The Kier molecular flexibility index (Phi) is 6.10. The fourth-order valence-electron chi connectivity index (χ4n) is 2.87. The molecule has 0 saturated carbocycles. The van der Waals surface area contributed by atoms with Crippen molar-refractivity contribution in [1.82, 2.24) is 0 Å². The highest BCUT2D eigenvalue weighted by atomic mass is 32.2. The van der Waals surface area contributed by atoms with Gasteiger partial charge in [-0.25, -0.2) is 13.2 Å². The third kappa shape index (κ3) is 4.74. The largest absolute Gasteiger partial charge is 0.452 e. The summed E-state index contributed by atoms with van der Waals surface area (Å²) in [4.78, 5) is 27.7. The van der Waals surface area contributed by atoms with E-state index in [2.05, 4.69) is 6.92 Å². The van der Waals surface area contributed by atoms with Crippen molar-refractivity contribution in [2.24, 2.45) is 0 Å². The van der Waals surface area contributed by atoms with E-state index in [9.17, 15) is 18.0 Å². The fourth-order valence-corrected chi connectivity index (χ4v) is 4.62. The lowest BCUT2D eigenvalue weighted by Gasteiger charge is -2.22. The SMILES string of the molecule is C[C@H]1CCN(C(=O)COC(=O)c2ccc(S(C)(=O)=O)cc2)c2ccccc2S1. The summed E-state index contributed by atoms with van der Waals surface area (Å²) in [6, 6.07) is 13.1. The average molecular weight is 420 g/mol. The summed E-state index contributed by atoms with van der Waals surface area (Å²) in [7, 11) is -3.34. The van der Waals surface area contributed by atoms with Crippen molar-refractivity contribution in [3.63, 3.8) is 0 Å². The minimum absolute atomic E-state index is 0.118. The van der Waals surface area contributed by atoms with Crippen LogP contribution in [-0.4, -0.2) is 45.0 Å². The molecular formula is C20H21NO5S2. The maximum atomic E-state index is 12.7. The second-order valence-corrected chi connectivity index (χ2v) is 10.1. The molecule has 0 bridgehead atoms. The Labute approximate surface area is 168 Å². The average Bonchev–Trinajstić information content (AvgIpc) is 2.83. The molecule has 0 radical (unpaired) electrons. The molecule has 0 unspecified atom stereocenters. The molecule has 1 heterocycles. The van der Waals surface area contributed by atoms with Crippen LogP contribution in [0.15, 0.2) is 58.3 Å². The Balaban J connectivity index is 1.68. The summed E-state index contributed by atoms with van der Waals surface area (Å²) in [5.41, 5.74) is 1.02. The van der Waals surface area contributed by atoms with E-state index in [0.29, 0.717) is 11.8 Å². The molecule has 2 aromatic rings. The van der Waals surface area contributed by atoms with E-state index in [-0.39, 0.29) is 23.0 Å². The van der Waals surface area contributed by atoms with Crippen LogP contribution in [0.1, 0.15) is 23.7 Å². The number of rotatable bonds is 4. The van der Waals surface area contributed by atoms with Crippen molar-refractivity contribution in [2.45, 2.75) is 28.4 Å². The Morgan fingerprint density at radius 2 is 1.82 bits per heavy atom. The van der Waals surface area contributed by atoms with E-state index in [4.69, 9.17) is 4.74 Å². The Morgan fingerprint density at radius 3 is 2.50 bits per heavy atom. The Morgan fingerprint density at radius 1 is 1.14 bits per heavy atom. The van der Waals surface area contributed by atoms with Gasteiger partial charge in [-0.3, -0.25) is 4.79 Å². The van der Waals surface area contributed by atoms with Gasteiger partial charge in [0.15, 0.2) is 16.4 Å². The summed E-state index contributed by atoms with van der Waals surface area (Å²) < 4.78 is 28.1. The topological polar surface area (TPSA) is 80.8 Å². The molecule has 28 heavy (non-hydrogen) atoms. The second-order valence-electron chi connectivity index (χ2n) is 6.60. The van der Waals surface area contributed by atoms with E-state index in [0.717, 1.165) is 23.3 Å². The van der Waals surface area contributed by atoms with Crippen LogP contribution in [0.4, 0.5) is 5.69 Å². The first-order valence-corrected chi connectivity index (χ1v) is 11.6. The van der Waals surface area contributed by atoms with Crippen molar-refractivity contribution in [3.05, 3.63) is 54.1 Å². The summed E-state index contributed by atoms with van der Waals surface area (Å²) in [5.74, 6) is -0.956. The standard InChI is InChI=1S/C20H21NO5S2/c1-14-11-12-21(17-5-3-4-6-18(17)27-14)19(22)13-26-20(23)15-7-9-16(10-8-15)28(2,24)25/h3-10,14H,11-13H2,1-2H3/t14-/m0/s1. The highest BCUT2D eigenvalue weighted by molar-refractivity contribution is 8.00. The molecular weight excluding hydrogens is 398 g/mol. The van der Waals surface area contributed by atoms with Crippen LogP contribution in [-0.2, 0) is 19.4 Å². The lowest BCUT2D eigenvalue weighted by Crippen LogP contribution is -2.35. The van der Waals surface area contributed by atoms with Gasteiger partial charge in [0, 0.05) is 22.9 Å². The molecule has 1 amide bonds. The zero-order chi connectivity index (χ0) is 20.3. The zero-order valence-corrected chi connectivity index (χ0v) is 17.3. The number of carbonyl (C=O) groups is 2. The minimum atomic E-state index is -3.34. The molecule has 0 aliphatic carbocycles. The van der Waals surface area contributed by atoms with Crippen molar-refractivity contribution in [2.75, 3.05) is 24.3 Å². The van der Waals surface area contributed by atoms with Gasteiger partial charge >= 0.3 is 5.97 Å². The first-order chi connectivity index (χ1) is 13.3. The number of benzene rings is 2. The van der Waals surface area contributed by atoms with Crippen LogP contribution in [0.25, 0.3) is 0 Å². The molecule has 1 atom stereocenters. The van der Waals surface area contributed by atoms with Crippen LogP contribution in [0.5, 0.6) is 0 Å². The van der Waals surface area contributed by atoms with Gasteiger partial charge < -0.3 is 9.64 Å². The zero-order valence-electron chi connectivity index (χ0n) is 15.6. The number of para-hydroxylation sites is 1. The number of ether oxygens (including phenoxy) is 1. The molecule has 0 N–H and O–H groups in total. The van der Waals surface area contributed by atoms with E-state index < -0.39 is 15.8 Å². The minimum Gasteiger partial charge on any atom is -0.452 e. The third-order valence-corrected chi connectivity index (χ3v) is 6.76. The molecule has 0 saturated heterocycles. The normalized spacial score (nSPS) is 16.8. The monoisotopic (exact) mass is 419 g/mol. The highest BCUT2D eigenvalue weighted by Crippen LogP contribution is 2.37. The number of carbonyl (C=O) groups excluding carboxylic acids is 2. The van der Waals surface area contributed by atoms with Gasteiger partial charge in [0.1, 0.15) is 0 Å². The molecule has 3 rings (SSSR count). The Hall–Kier alpha value is -2.32. The fraction of sp³-hybridized carbons (Fsp3) is 0.300. The maximum Gasteiger partial charge on any atom is 0.338 e. The number of nitrogens with zero attached hydrogens (tertiary/aromatic N) is 1. The highest BCUT2D eigenvalue weighted by Gasteiger charge is 2.25. The van der Waals surface area contributed by atoms with Gasteiger partial charge in [-0.1, -0.05) is 19.1 Å². The van der Waals surface area contributed by atoms with Crippen molar-refractivity contribution in [3.8, 4) is 0 Å². The van der Waals surface area contributed by atoms with Crippen LogP contribution < -0.4 is 4.90 Å². The van der Waals surface area contributed by atoms with Crippen LogP contribution in [0.2, 0.25) is 0 Å². The summed E-state index contributed by atoms with van der Waals surface area (Å²) in [6.07, 6.45) is 1.93. The molecule has 0 spiro atoms. The predicted molar refractivity (Wildman–Crippen MR) is 109 cm³/mol. The van der Waals surface area contributed by atoms with Gasteiger partial charge in [-0.15, -0.1) is 11.8 Å². The first-order valence-electron chi connectivity index (χ1n) is 8.79. The number of thioether (sulfide) groups is 1. The first kappa shape index (κ1) is 20.4. The quantitative estimate of drug-likeness (QED) is 0.708. The molecule has 2 aromatic carbocycles. The predicted octanol–water partition coefficient (Wildman–Crippen LogP) is 3.16. The van der Waals surface area contributed by atoms with Crippen molar-refractivity contribution in [1.29, 1.82) is 0 Å². The smallest absolute Gasteiger partial charge is 0.338 e. The molecule has 0 fully saturated rings. The maximum absolute atomic E-state index is 12.7. The number of fused-ring (bicyclic) bond motifs is 1. The molecule has 148 valence electrons. The number of amides is 1. The summed E-state index contributed by atoms with van der Waals surface area (Å²) in [5, 5.41) is 0.384. The van der Waals surface area contributed by atoms with Crippen LogP contribution in [0, 0.1) is 0 Å². The second kappa shape index (κ2) is 8.36. The van der Waals surface area contributed by atoms with E-state index >= 15 is 0 Å². The molecule has 6 nitrogen and oxygen atoms in total. The number of anilines is 1. The van der Waals surface area contributed by atoms with Crippen molar-refractivity contribution >= 4 is 39.2 Å². The lowest BCUT2D eigenvalue weighted by atomic mass is 10.2. The summed E-state index contributed by atoms with van der Waals surface area (Å²) >= 11 is 1.73. The number of hydrogen-bond donors (Lipinski definition) is 0.